The summed E-state index contributed by atoms with van der Waals surface area (Å²) in [5.41, 5.74) is 0.997. The Morgan fingerprint density at radius 3 is 2.50 bits per heavy atom. The molecule has 0 heterocycles. The number of carboxylic acid groups (broad SMARTS) is 1. The van der Waals surface area contributed by atoms with E-state index in [4.69, 9.17) is 9.84 Å². The number of rotatable bonds is 9. The number of sulfonamides is 1. The summed E-state index contributed by atoms with van der Waals surface area (Å²) in [5, 5.41) is 8.47. The molecule has 0 unspecified atom stereocenters. The Hall–Kier alpha value is -1.44. The van der Waals surface area contributed by atoms with Crippen LogP contribution in [0.3, 0.4) is 0 Å². The molecule has 0 saturated heterocycles. The van der Waals surface area contributed by atoms with Crippen molar-refractivity contribution in [3.63, 3.8) is 0 Å². The van der Waals surface area contributed by atoms with E-state index in [1.165, 1.54) is 12.1 Å². The molecule has 0 bridgehead atoms. The van der Waals surface area contributed by atoms with E-state index in [0.29, 0.717) is 6.61 Å². The average Bonchev–Trinajstić information content (AvgIpc) is 2.42. The second kappa shape index (κ2) is 7.98. The Morgan fingerprint density at radius 1 is 1.30 bits per heavy atom. The SMILES string of the molecule is COCCc1ccc(S(=O)(=O)NCCCC(=O)O)cc1. The van der Waals surface area contributed by atoms with Gasteiger partial charge in [-0.25, -0.2) is 13.1 Å². The highest BCUT2D eigenvalue weighted by Crippen LogP contribution is 2.11. The van der Waals surface area contributed by atoms with Gasteiger partial charge in [0.1, 0.15) is 0 Å². The van der Waals surface area contributed by atoms with Crippen molar-refractivity contribution in [3.8, 4) is 0 Å². The summed E-state index contributed by atoms with van der Waals surface area (Å²) in [7, 11) is -1.96. The number of hydrogen-bond acceptors (Lipinski definition) is 4. The number of benzene rings is 1. The van der Waals surface area contributed by atoms with Crippen molar-refractivity contribution < 1.29 is 23.1 Å². The van der Waals surface area contributed by atoms with Gasteiger partial charge in [0.05, 0.1) is 11.5 Å². The van der Waals surface area contributed by atoms with Crippen molar-refractivity contribution in [3.05, 3.63) is 29.8 Å². The predicted octanol–water partition coefficient (Wildman–Crippen LogP) is 1.02. The minimum Gasteiger partial charge on any atom is -0.481 e. The topological polar surface area (TPSA) is 92.7 Å². The van der Waals surface area contributed by atoms with Crippen molar-refractivity contribution in [2.45, 2.75) is 24.2 Å². The van der Waals surface area contributed by atoms with Gasteiger partial charge in [-0.3, -0.25) is 4.79 Å². The van der Waals surface area contributed by atoms with Gasteiger partial charge in [-0.05, 0) is 30.5 Å². The van der Waals surface area contributed by atoms with Gasteiger partial charge in [-0.2, -0.15) is 0 Å². The normalized spacial score (nSPS) is 11.4. The van der Waals surface area contributed by atoms with Crippen LogP contribution in [0.4, 0.5) is 0 Å². The molecule has 0 aliphatic rings. The molecular weight excluding hydrogens is 282 g/mol. The minimum atomic E-state index is -3.57. The Balaban J connectivity index is 2.56. The highest BCUT2D eigenvalue weighted by molar-refractivity contribution is 7.89. The molecule has 0 amide bonds. The summed E-state index contributed by atoms with van der Waals surface area (Å²) < 4.78 is 31.2. The van der Waals surface area contributed by atoms with Gasteiger partial charge in [0.15, 0.2) is 0 Å². The summed E-state index contributed by atoms with van der Waals surface area (Å²) >= 11 is 0. The summed E-state index contributed by atoms with van der Waals surface area (Å²) in [6.07, 6.45) is 0.932. The van der Waals surface area contributed by atoms with Crippen LogP contribution >= 0.6 is 0 Å². The lowest BCUT2D eigenvalue weighted by atomic mass is 10.2. The molecule has 1 rings (SSSR count). The van der Waals surface area contributed by atoms with Crippen molar-refractivity contribution >= 4 is 16.0 Å². The lowest BCUT2D eigenvalue weighted by Gasteiger charge is -2.07. The van der Waals surface area contributed by atoms with Crippen LogP contribution in [0.2, 0.25) is 0 Å². The third kappa shape index (κ3) is 5.68. The summed E-state index contributed by atoms with van der Waals surface area (Å²) in [6, 6.07) is 6.55. The zero-order valence-electron chi connectivity index (χ0n) is 11.3. The zero-order valence-corrected chi connectivity index (χ0v) is 12.1. The van der Waals surface area contributed by atoms with E-state index >= 15 is 0 Å². The van der Waals surface area contributed by atoms with Crippen molar-refractivity contribution in [1.82, 2.24) is 4.72 Å². The number of ether oxygens (including phenoxy) is 1. The minimum absolute atomic E-state index is 0.0571. The lowest BCUT2D eigenvalue weighted by Crippen LogP contribution is -2.25. The van der Waals surface area contributed by atoms with E-state index in [2.05, 4.69) is 4.72 Å². The first-order chi connectivity index (χ1) is 9.45. The first-order valence-electron chi connectivity index (χ1n) is 6.25. The van der Waals surface area contributed by atoms with Gasteiger partial charge in [0.2, 0.25) is 10.0 Å². The Kier molecular flexibility index (Phi) is 6.63. The Labute approximate surface area is 118 Å². The van der Waals surface area contributed by atoms with Crippen LogP contribution in [0.15, 0.2) is 29.2 Å². The van der Waals surface area contributed by atoms with E-state index < -0.39 is 16.0 Å². The molecule has 0 radical (unpaired) electrons. The molecule has 112 valence electrons. The predicted molar refractivity (Wildman–Crippen MR) is 74.1 cm³/mol. The molecule has 0 spiro atoms. The average molecular weight is 301 g/mol. The molecule has 0 aliphatic heterocycles. The highest BCUT2D eigenvalue weighted by atomic mass is 32.2. The van der Waals surface area contributed by atoms with Crippen molar-refractivity contribution in [2.24, 2.45) is 0 Å². The van der Waals surface area contributed by atoms with E-state index in [9.17, 15) is 13.2 Å². The highest BCUT2D eigenvalue weighted by Gasteiger charge is 2.13. The first kappa shape index (κ1) is 16.6. The first-order valence-corrected chi connectivity index (χ1v) is 7.73. The second-order valence-corrected chi connectivity index (χ2v) is 6.05. The van der Waals surface area contributed by atoms with Crippen LogP contribution in [0.1, 0.15) is 18.4 Å². The quantitative estimate of drug-likeness (QED) is 0.664. The summed E-state index contributed by atoms with van der Waals surface area (Å²) in [4.78, 5) is 10.5. The molecule has 1 aromatic carbocycles. The maximum absolute atomic E-state index is 11.9. The van der Waals surface area contributed by atoms with Gasteiger partial charge in [-0.15, -0.1) is 0 Å². The number of hydrogen-bond donors (Lipinski definition) is 2. The number of carboxylic acids is 1. The molecule has 20 heavy (non-hydrogen) atoms. The molecule has 1 aromatic rings. The molecular formula is C13H19NO5S. The van der Waals surface area contributed by atoms with Gasteiger partial charge in [0, 0.05) is 20.1 Å². The Bertz CT molecular complexity index is 524. The molecule has 0 aromatic heterocycles. The number of carbonyl (C=O) groups is 1. The van der Waals surface area contributed by atoms with Crippen LogP contribution in [-0.2, 0) is 26.0 Å². The zero-order chi connectivity index (χ0) is 15.0. The van der Waals surface area contributed by atoms with Crippen LogP contribution in [0.25, 0.3) is 0 Å². The molecule has 2 N–H and O–H groups in total. The fraction of sp³-hybridized carbons (Fsp3) is 0.462. The van der Waals surface area contributed by atoms with Crippen LogP contribution < -0.4 is 4.72 Å². The van der Waals surface area contributed by atoms with Crippen LogP contribution in [-0.4, -0.2) is 39.8 Å². The number of methoxy groups -OCH3 is 1. The van der Waals surface area contributed by atoms with E-state index in [1.807, 2.05) is 0 Å². The largest absolute Gasteiger partial charge is 0.481 e. The summed E-state index contributed by atoms with van der Waals surface area (Å²) in [6.45, 7) is 0.694. The number of aliphatic carboxylic acids is 1. The monoisotopic (exact) mass is 301 g/mol. The molecule has 0 atom stereocenters. The maximum atomic E-state index is 11.9. The second-order valence-electron chi connectivity index (χ2n) is 4.28. The third-order valence-electron chi connectivity index (χ3n) is 2.69. The summed E-state index contributed by atoms with van der Waals surface area (Å²) in [5.74, 6) is -0.938. The fourth-order valence-corrected chi connectivity index (χ4v) is 2.66. The molecule has 0 fully saturated rings. The van der Waals surface area contributed by atoms with E-state index in [0.717, 1.165) is 12.0 Å². The smallest absolute Gasteiger partial charge is 0.303 e. The number of nitrogens with one attached hydrogen (secondary N) is 1. The Morgan fingerprint density at radius 2 is 1.95 bits per heavy atom. The molecule has 0 saturated carbocycles. The van der Waals surface area contributed by atoms with Crippen molar-refractivity contribution in [1.29, 1.82) is 0 Å². The van der Waals surface area contributed by atoms with Crippen molar-refractivity contribution in [2.75, 3.05) is 20.3 Å². The van der Waals surface area contributed by atoms with E-state index in [1.54, 1.807) is 19.2 Å². The molecule has 7 heteroatoms. The molecule has 6 nitrogen and oxygen atoms in total. The van der Waals surface area contributed by atoms with Crippen LogP contribution in [0, 0.1) is 0 Å². The maximum Gasteiger partial charge on any atom is 0.303 e. The third-order valence-corrected chi connectivity index (χ3v) is 4.16. The van der Waals surface area contributed by atoms with Gasteiger partial charge in [0.25, 0.3) is 0 Å². The van der Waals surface area contributed by atoms with Gasteiger partial charge in [-0.1, -0.05) is 12.1 Å². The van der Waals surface area contributed by atoms with Crippen LogP contribution in [0.5, 0.6) is 0 Å². The van der Waals surface area contributed by atoms with E-state index in [-0.39, 0.29) is 24.3 Å². The molecule has 0 aliphatic carbocycles. The fourth-order valence-electron chi connectivity index (χ4n) is 1.58. The van der Waals surface area contributed by atoms with Gasteiger partial charge >= 0.3 is 5.97 Å². The standard InChI is InChI=1S/C13H19NO5S/c1-19-10-8-11-4-6-12(7-5-11)20(17,18)14-9-2-3-13(15)16/h4-7,14H,2-3,8-10H2,1H3,(H,15,16). The van der Waals surface area contributed by atoms with Gasteiger partial charge < -0.3 is 9.84 Å². The lowest BCUT2D eigenvalue weighted by molar-refractivity contribution is -0.137.